The Balaban J connectivity index is 1.48. The maximum atomic E-state index is 13.4. The van der Waals surface area contributed by atoms with Crippen LogP contribution in [-0.2, 0) is 7.05 Å². The molecule has 1 aliphatic heterocycles. The van der Waals surface area contributed by atoms with Gasteiger partial charge in [-0.05, 0) is 31.4 Å². The Labute approximate surface area is 173 Å². The predicted octanol–water partition coefficient (Wildman–Crippen LogP) is 5.06. The fourth-order valence-corrected chi connectivity index (χ4v) is 4.94. The van der Waals surface area contributed by atoms with Gasteiger partial charge in [0.2, 0.25) is 0 Å². The van der Waals surface area contributed by atoms with Gasteiger partial charge in [-0.1, -0.05) is 42.5 Å². The summed E-state index contributed by atoms with van der Waals surface area (Å²) in [6.45, 7) is 0.741. The Hall–Kier alpha value is -2.99. The zero-order chi connectivity index (χ0) is 19.8. The number of benzene rings is 2. The molecule has 1 atom stereocenters. The van der Waals surface area contributed by atoms with Gasteiger partial charge in [-0.2, -0.15) is 0 Å². The lowest BCUT2D eigenvalue weighted by molar-refractivity contribution is 0.0592. The Morgan fingerprint density at radius 2 is 1.83 bits per heavy atom. The summed E-state index contributed by atoms with van der Waals surface area (Å²) in [5.74, 6) is 0.956. The van der Waals surface area contributed by atoms with Gasteiger partial charge in [0, 0.05) is 24.5 Å². The third-order valence-corrected chi connectivity index (χ3v) is 6.52. The van der Waals surface area contributed by atoms with Gasteiger partial charge in [0.05, 0.1) is 17.1 Å². The first-order valence-electron chi connectivity index (χ1n) is 9.95. The van der Waals surface area contributed by atoms with E-state index in [1.165, 1.54) is 11.3 Å². The number of aromatic nitrogens is 3. The summed E-state index contributed by atoms with van der Waals surface area (Å²) in [5.41, 5.74) is 3.64. The van der Waals surface area contributed by atoms with E-state index in [0.717, 1.165) is 53.2 Å². The summed E-state index contributed by atoms with van der Waals surface area (Å²) in [6, 6.07) is 18.1. The van der Waals surface area contributed by atoms with Crippen LogP contribution in [0.5, 0.6) is 0 Å². The molecule has 146 valence electrons. The molecule has 0 aliphatic carbocycles. The number of fused-ring (bicyclic) bond motifs is 1. The third-order valence-electron chi connectivity index (χ3n) is 5.63. The Kier molecular flexibility index (Phi) is 4.64. The van der Waals surface area contributed by atoms with Crippen LogP contribution in [0.15, 0.2) is 60.0 Å². The van der Waals surface area contributed by atoms with Crippen LogP contribution in [0.25, 0.3) is 21.6 Å². The number of para-hydroxylation sites is 2. The van der Waals surface area contributed by atoms with Crippen molar-refractivity contribution in [1.29, 1.82) is 0 Å². The van der Waals surface area contributed by atoms with Gasteiger partial charge in [0.25, 0.3) is 5.91 Å². The van der Waals surface area contributed by atoms with Crippen molar-refractivity contribution in [2.24, 2.45) is 7.05 Å². The Morgan fingerprint density at radius 3 is 2.66 bits per heavy atom. The van der Waals surface area contributed by atoms with Crippen LogP contribution in [0.3, 0.4) is 0 Å². The molecule has 2 aromatic carbocycles. The monoisotopic (exact) mass is 402 g/mol. The SMILES string of the molecule is Cn1c([C@H]2CCCCN2C(=O)c2csc(-c3ccccc3)n2)nc2ccccc21. The molecule has 0 radical (unpaired) electrons. The van der Waals surface area contributed by atoms with E-state index >= 15 is 0 Å². The summed E-state index contributed by atoms with van der Waals surface area (Å²) >= 11 is 1.52. The minimum absolute atomic E-state index is 0.000173. The lowest BCUT2D eigenvalue weighted by Gasteiger charge is -2.34. The third kappa shape index (κ3) is 3.23. The summed E-state index contributed by atoms with van der Waals surface area (Å²) in [4.78, 5) is 24.9. The molecule has 29 heavy (non-hydrogen) atoms. The first-order valence-corrected chi connectivity index (χ1v) is 10.8. The predicted molar refractivity (Wildman–Crippen MR) is 116 cm³/mol. The number of likely N-dealkylation sites (tertiary alicyclic amines) is 1. The normalized spacial score (nSPS) is 17.0. The number of aryl methyl sites for hydroxylation is 1. The number of nitrogens with zero attached hydrogens (tertiary/aromatic N) is 4. The number of rotatable bonds is 3. The van der Waals surface area contributed by atoms with Gasteiger partial charge in [0.1, 0.15) is 16.5 Å². The average molecular weight is 403 g/mol. The van der Waals surface area contributed by atoms with Gasteiger partial charge in [0.15, 0.2) is 0 Å². The first-order chi connectivity index (χ1) is 14.2. The molecule has 0 spiro atoms. The number of imidazole rings is 1. The van der Waals surface area contributed by atoms with Gasteiger partial charge < -0.3 is 9.47 Å². The van der Waals surface area contributed by atoms with E-state index in [4.69, 9.17) is 4.98 Å². The van der Waals surface area contributed by atoms with Crippen LogP contribution in [0.1, 0.15) is 41.6 Å². The number of hydrogen-bond donors (Lipinski definition) is 0. The van der Waals surface area contributed by atoms with Crippen molar-refractivity contribution >= 4 is 28.3 Å². The first kappa shape index (κ1) is 18.1. The average Bonchev–Trinajstić information content (AvgIpc) is 3.40. The summed E-state index contributed by atoms with van der Waals surface area (Å²) in [6.07, 6.45) is 3.05. The molecular formula is C23H22N4OS. The minimum atomic E-state index is -0.0180. The quantitative estimate of drug-likeness (QED) is 0.481. The van der Waals surface area contributed by atoms with Crippen molar-refractivity contribution < 1.29 is 4.79 Å². The van der Waals surface area contributed by atoms with Crippen LogP contribution in [0.4, 0.5) is 0 Å². The lowest BCUT2D eigenvalue weighted by atomic mass is 10.0. The molecular weight excluding hydrogens is 380 g/mol. The smallest absolute Gasteiger partial charge is 0.273 e. The highest BCUT2D eigenvalue weighted by molar-refractivity contribution is 7.13. The molecule has 5 nitrogen and oxygen atoms in total. The summed E-state index contributed by atoms with van der Waals surface area (Å²) in [5, 5.41) is 2.76. The molecule has 5 rings (SSSR count). The van der Waals surface area contributed by atoms with Crippen molar-refractivity contribution in [2.75, 3.05) is 6.54 Å². The van der Waals surface area contributed by atoms with Gasteiger partial charge in [-0.15, -0.1) is 11.3 Å². The fraction of sp³-hybridized carbons (Fsp3) is 0.261. The number of carbonyl (C=O) groups is 1. The van der Waals surface area contributed by atoms with Crippen molar-refractivity contribution in [1.82, 2.24) is 19.4 Å². The lowest BCUT2D eigenvalue weighted by Crippen LogP contribution is -2.39. The van der Waals surface area contributed by atoms with Crippen LogP contribution in [0, 0.1) is 0 Å². The van der Waals surface area contributed by atoms with Crippen molar-refractivity contribution in [3.63, 3.8) is 0 Å². The number of amides is 1. The second kappa shape index (κ2) is 7.44. The van der Waals surface area contributed by atoms with Crippen LogP contribution in [0.2, 0.25) is 0 Å². The Morgan fingerprint density at radius 1 is 1.03 bits per heavy atom. The summed E-state index contributed by atoms with van der Waals surface area (Å²) in [7, 11) is 2.04. The molecule has 1 aliphatic rings. The van der Waals surface area contributed by atoms with Gasteiger partial charge >= 0.3 is 0 Å². The highest BCUT2D eigenvalue weighted by atomic mass is 32.1. The van der Waals surface area contributed by atoms with E-state index in [1.807, 2.05) is 65.9 Å². The van der Waals surface area contributed by atoms with Crippen molar-refractivity contribution in [3.8, 4) is 10.6 Å². The van der Waals surface area contributed by atoms with E-state index in [9.17, 15) is 4.79 Å². The molecule has 4 aromatic rings. The molecule has 1 saturated heterocycles. The molecule has 1 amide bonds. The van der Waals surface area contributed by atoms with Crippen LogP contribution in [-0.4, -0.2) is 31.9 Å². The molecule has 0 bridgehead atoms. The molecule has 0 unspecified atom stereocenters. The second-order valence-corrected chi connectivity index (χ2v) is 8.29. The van der Waals surface area contributed by atoms with Crippen LogP contribution < -0.4 is 0 Å². The number of piperidine rings is 1. The molecule has 3 heterocycles. The fourth-order valence-electron chi connectivity index (χ4n) is 4.14. The second-order valence-electron chi connectivity index (χ2n) is 7.43. The topological polar surface area (TPSA) is 51.0 Å². The standard InChI is InChI=1S/C23H22N4OS/c1-26-19-12-6-5-11-17(19)24-21(26)20-13-7-8-14-27(20)23(28)18-15-29-22(25-18)16-9-3-2-4-10-16/h2-6,9-12,15,20H,7-8,13-14H2,1H3/t20-/m1/s1. The van der Waals surface area contributed by atoms with E-state index in [0.29, 0.717) is 5.69 Å². The zero-order valence-corrected chi connectivity index (χ0v) is 17.1. The van der Waals surface area contributed by atoms with E-state index < -0.39 is 0 Å². The highest BCUT2D eigenvalue weighted by Crippen LogP contribution is 2.34. The number of thiazole rings is 1. The number of carbonyl (C=O) groups excluding carboxylic acids is 1. The minimum Gasteiger partial charge on any atom is -0.329 e. The van der Waals surface area contributed by atoms with Crippen molar-refractivity contribution in [2.45, 2.75) is 25.3 Å². The maximum Gasteiger partial charge on any atom is 0.273 e. The Bertz CT molecular complexity index is 1160. The number of hydrogen-bond acceptors (Lipinski definition) is 4. The van der Waals surface area contributed by atoms with E-state index in [-0.39, 0.29) is 11.9 Å². The van der Waals surface area contributed by atoms with E-state index in [2.05, 4.69) is 15.6 Å². The summed E-state index contributed by atoms with van der Waals surface area (Å²) < 4.78 is 2.13. The van der Waals surface area contributed by atoms with Crippen molar-refractivity contribution in [3.05, 3.63) is 71.5 Å². The molecule has 6 heteroatoms. The zero-order valence-electron chi connectivity index (χ0n) is 16.3. The molecule has 0 N–H and O–H groups in total. The highest BCUT2D eigenvalue weighted by Gasteiger charge is 2.33. The van der Waals surface area contributed by atoms with Gasteiger partial charge in [-0.25, -0.2) is 9.97 Å². The maximum absolute atomic E-state index is 13.4. The van der Waals surface area contributed by atoms with Crippen LogP contribution >= 0.6 is 11.3 Å². The van der Waals surface area contributed by atoms with Gasteiger partial charge in [-0.3, -0.25) is 4.79 Å². The molecule has 2 aromatic heterocycles. The molecule has 1 fully saturated rings. The largest absolute Gasteiger partial charge is 0.329 e. The molecule has 0 saturated carbocycles. The van der Waals surface area contributed by atoms with E-state index in [1.54, 1.807) is 0 Å².